The molecule has 5 nitrogen and oxygen atoms in total. The van der Waals surface area contributed by atoms with Crippen molar-refractivity contribution >= 4 is 51.7 Å². The summed E-state index contributed by atoms with van der Waals surface area (Å²) in [5.41, 5.74) is 1.46. The van der Waals surface area contributed by atoms with E-state index < -0.39 is 18.0 Å². The van der Waals surface area contributed by atoms with Crippen molar-refractivity contribution in [2.75, 3.05) is 5.32 Å². The van der Waals surface area contributed by atoms with Crippen molar-refractivity contribution in [2.45, 2.75) is 13.0 Å². The molecule has 0 aliphatic rings. The number of esters is 1. The third-order valence-corrected chi connectivity index (χ3v) is 4.30. The van der Waals surface area contributed by atoms with Gasteiger partial charge in [0.1, 0.15) is 0 Å². The lowest BCUT2D eigenvalue weighted by molar-refractivity contribution is -0.123. The molecule has 3 rings (SSSR count). The summed E-state index contributed by atoms with van der Waals surface area (Å²) in [6, 6.07) is 12.2. The molecule has 0 saturated heterocycles. The largest absolute Gasteiger partial charge is 0.449 e. The third kappa shape index (κ3) is 3.62. The van der Waals surface area contributed by atoms with Crippen LogP contribution in [-0.2, 0) is 9.53 Å². The Morgan fingerprint density at radius 2 is 1.76 bits per heavy atom. The molecule has 0 radical (unpaired) electrons. The van der Waals surface area contributed by atoms with Crippen LogP contribution in [0, 0.1) is 0 Å². The van der Waals surface area contributed by atoms with Gasteiger partial charge in [-0.05, 0) is 25.1 Å². The van der Waals surface area contributed by atoms with E-state index in [1.807, 2.05) is 18.2 Å². The Labute approximate surface area is 153 Å². The second-order valence-corrected chi connectivity index (χ2v) is 6.20. The van der Waals surface area contributed by atoms with Crippen LogP contribution in [0.15, 0.2) is 48.7 Å². The third-order valence-electron chi connectivity index (χ3n) is 3.67. The maximum absolute atomic E-state index is 12.3. The Bertz CT molecular complexity index is 932. The minimum atomic E-state index is -1.02. The lowest BCUT2D eigenvalue weighted by Crippen LogP contribution is -2.30. The zero-order valence-corrected chi connectivity index (χ0v) is 14.7. The van der Waals surface area contributed by atoms with Gasteiger partial charge < -0.3 is 15.0 Å². The molecule has 0 aliphatic heterocycles. The number of carbonyl (C=O) groups is 2. The molecular weight excluding hydrogens is 363 g/mol. The molecule has 25 heavy (non-hydrogen) atoms. The number of hydrogen-bond donors (Lipinski definition) is 2. The highest BCUT2D eigenvalue weighted by Crippen LogP contribution is 2.30. The van der Waals surface area contributed by atoms with Gasteiger partial charge in [0.05, 0.1) is 21.3 Å². The molecule has 2 aromatic carbocycles. The average Bonchev–Trinajstić information content (AvgIpc) is 3.02. The van der Waals surface area contributed by atoms with Gasteiger partial charge in [-0.1, -0.05) is 47.5 Å². The Morgan fingerprint density at radius 1 is 1.08 bits per heavy atom. The Morgan fingerprint density at radius 3 is 2.48 bits per heavy atom. The van der Waals surface area contributed by atoms with Crippen molar-refractivity contribution in [3.8, 4) is 0 Å². The highest BCUT2D eigenvalue weighted by Gasteiger charge is 2.22. The van der Waals surface area contributed by atoms with E-state index in [1.165, 1.54) is 6.92 Å². The van der Waals surface area contributed by atoms with Gasteiger partial charge in [-0.15, -0.1) is 0 Å². The van der Waals surface area contributed by atoms with Crippen LogP contribution >= 0.6 is 23.2 Å². The van der Waals surface area contributed by atoms with Crippen LogP contribution in [0.25, 0.3) is 10.9 Å². The van der Waals surface area contributed by atoms with E-state index >= 15 is 0 Å². The standard InChI is InChI=1S/C18H14Cl2N2O3/c1-10(17(23)22-16-13(19)6-4-7-14(16)20)25-18(24)12-9-21-15-8-3-2-5-11(12)15/h2-10,21H,1H3,(H,22,23)/t10-/m0/s1. The van der Waals surface area contributed by atoms with Gasteiger partial charge in [-0.2, -0.15) is 0 Å². The number of rotatable bonds is 4. The smallest absolute Gasteiger partial charge is 0.341 e. The number of amides is 1. The fourth-order valence-electron chi connectivity index (χ4n) is 2.36. The number of H-pyrrole nitrogens is 1. The van der Waals surface area contributed by atoms with Crippen molar-refractivity contribution in [2.24, 2.45) is 0 Å². The number of ether oxygens (including phenoxy) is 1. The maximum atomic E-state index is 12.3. The fourth-order valence-corrected chi connectivity index (χ4v) is 2.85. The number of halogens is 2. The fraction of sp³-hybridized carbons (Fsp3) is 0.111. The van der Waals surface area contributed by atoms with Gasteiger partial charge in [-0.25, -0.2) is 4.79 Å². The molecule has 1 aromatic heterocycles. The highest BCUT2D eigenvalue weighted by atomic mass is 35.5. The number of aromatic nitrogens is 1. The van der Waals surface area contributed by atoms with Crippen LogP contribution in [0.1, 0.15) is 17.3 Å². The summed E-state index contributed by atoms with van der Waals surface area (Å²) in [5, 5.41) is 3.91. The van der Waals surface area contributed by atoms with Crippen LogP contribution < -0.4 is 5.32 Å². The first kappa shape index (κ1) is 17.3. The van der Waals surface area contributed by atoms with Crippen molar-refractivity contribution in [3.63, 3.8) is 0 Å². The first-order valence-electron chi connectivity index (χ1n) is 7.49. The molecule has 0 unspecified atom stereocenters. The van der Waals surface area contributed by atoms with Gasteiger partial charge in [0.15, 0.2) is 6.10 Å². The quantitative estimate of drug-likeness (QED) is 0.650. The second kappa shape index (κ2) is 7.17. The summed E-state index contributed by atoms with van der Waals surface area (Å²) < 4.78 is 5.26. The number of para-hydroxylation sites is 2. The van der Waals surface area contributed by atoms with Crippen LogP contribution in [-0.4, -0.2) is 23.0 Å². The summed E-state index contributed by atoms with van der Waals surface area (Å²) >= 11 is 12.0. The van der Waals surface area contributed by atoms with Crippen LogP contribution in [0.5, 0.6) is 0 Å². The number of hydrogen-bond acceptors (Lipinski definition) is 3. The average molecular weight is 377 g/mol. The lowest BCUT2D eigenvalue weighted by Gasteiger charge is -2.14. The maximum Gasteiger partial charge on any atom is 0.341 e. The number of carbonyl (C=O) groups excluding carboxylic acids is 2. The number of nitrogens with one attached hydrogen (secondary N) is 2. The normalized spacial score (nSPS) is 12.0. The van der Waals surface area contributed by atoms with E-state index in [2.05, 4.69) is 10.3 Å². The Kier molecular flexibility index (Phi) is 4.97. The van der Waals surface area contributed by atoms with E-state index in [0.29, 0.717) is 15.6 Å². The summed E-state index contributed by atoms with van der Waals surface area (Å²) in [7, 11) is 0. The second-order valence-electron chi connectivity index (χ2n) is 5.38. The minimum Gasteiger partial charge on any atom is -0.449 e. The molecule has 3 aromatic rings. The van der Waals surface area contributed by atoms with E-state index in [0.717, 1.165) is 10.9 Å². The molecule has 7 heteroatoms. The van der Waals surface area contributed by atoms with Crippen LogP contribution in [0.3, 0.4) is 0 Å². The molecular formula is C18H14Cl2N2O3. The molecule has 1 heterocycles. The van der Waals surface area contributed by atoms with Crippen LogP contribution in [0.2, 0.25) is 10.0 Å². The van der Waals surface area contributed by atoms with Gasteiger partial charge in [0.2, 0.25) is 0 Å². The zero-order chi connectivity index (χ0) is 18.0. The van der Waals surface area contributed by atoms with Crippen molar-refractivity contribution in [1.29, 1.82) is 0 Å². The summed E-state index contributed by atoms with van der Waals surface area (Å²) in [5.74, 6) is -1.12. The number of aromatic amines is 1. The van der Waals surface area contributed by atoms with E-state index in [4.69, 9.17) is 27.9 Å². The monoisotopic (exact) mass is 376 g/mol. The summed E-state index contributed by atoms with van der Waals surface area (Å²) in [6.45, 7) is 1.48. The minimum absolute atomic E-state index is 0.283. The molecule has 0 fully saturated rings. The Hall–Kier alpha value is -2.50. The molecule has 0 aliphatic carbocycles. The van der Waals surface area contributed by atoms with Gasteiger partial charge in [-0.3, -0.25) is 4.79 Å². The molecule has 1 atom stereocenters. The summed E-state index contributed by atoms with van der Waals surface area (Å²) in [6.07, 6.45) is 0.538. The lowest BCUT2D eigenvalue weighted by atomic mass is 10.2. The van der Waals surface area contributed by atoms with Gasteiger partial charge in [0.25, 0.3) is 5.91 Å². The molecule has 2 N–H and O–H groups in total. The molecule has 1 amide bonds. The first-order chi connectivity index (χ1) is 12.0. The first-order valence-corrected chi connectivity index (χ1v) is 8.25. The number of benzene rings is 2. The van der Waals surface area contributed by atoms with E-state index in [-0.39, 0.29) is 5.69 Å². The predicted octanol–water partition coefficient (Wildman–Crippen LogP) is 4.66. The van der Waals surface area contributed by atoms with Crippen molar-refractivity contribution < 1.29 is 14.3 Å². The Balaban J connectivity index is 1.72. The number of fused-ring (bicyclic) bond motifs is 1. The van der Waals surface area contributed by atoms with Crippen molar-refractivity contribution in [3.05, 3.63) is 64.3 Å². The topological polar surface area (TPSA) is 71.2 Å². The van der Waals surface area contributed by atoms with Gasteiger partial charge >= 0.3 is 5.97 Å². The number of anilines is 1. The van der Waals surface area contributed by atoms with Gasteiger partial charge in [0, 0.05) is 17.1 Å². The van der Waals surface area contributed by atoms with Crippen molar-refractivity contribution in [1.82, 2.24) is 4.98 Å². The molecule has 0 saturated carbocycles. The molecule has 0 spiro atoms. The van der Waals surface area contributed by atoms with E-state index in [1.54, 1.807) is 30.5 Å². The zero-order valence-electron chi connectivity index (χ0n) is 13.2. The summed E-state index contributed by atoms with van der Waals surface area (Å²) in [4.78, 5) is 27.6. The molecule has 0 bridgehead atoms. The van der Waals surface area contributed by atoms with Crippen LogP contribution in [0.4, 0.5) is 5.69 Å². The predicted molar refractivity (Wildman–Crippen MR) is 98.3 cm³/mol. The SMILES string of the molecule is C[C@H](OC(=O)c1c[nH]c2ccccc12)C(=O)Nc1c(Cl)cccc1Cl. The van der Waals surface area contributed by atoms with E-state index in [9.17, 15) is 9.59 Å². The molecule has 128 valence electrons. The highest BCUT2D eigenvalue weighted by molar-refractivity contribution is 6.39.